The first-order chi connectivity index (χ1) is 19.2. The van der Waals surface area contributed by atoms with Crippen molar-refractivity contribution in [2.45, 2.75) is 25.4 Å². The molecule has 208 valence electrons. The number of hydrogen-bond acceptors (Lipinski definition) is 10. The lowest BCUT2D eigenvalue weighted by Gasteiger charge is -2.39. The Morgan fingerprint density at radius 2 is 1.95 bits per heavy atom. The highest BCUT2D eigenvalue weighted by atomic mass is 16.5. The maximum absolute atomic E-state index is 10.4. The first kappa shape index (κ1) is 26.1. The van der Waals surface area contributed by atoms with Crippen LogP contribution in [0.15, 0.2) is 36.4 Å². The number of aromatic nitrogens is 2. The lowest BCUT2D eigenvalue weighted by Crippen LogP contribution is -2.54. The van der Waals surface area contributed by atoms with Crippen molar-refractivity contribution in [2.24, 2.45) is 0 Å². The van der Waals surface area contributed by atoms with E-state index < -0.39 is 0 Å². The van der Waals surface area contributed by atoms with E-state index in [-0.39, 0.29) is 18.4 Å². The fraction of sp³-hybridized carbons (Fsp3) is 0.517. The number of morpholine rings is 1. The number of ether oxygens (including phenoxy) is 2. The fourth-order valence-corrected chi connectivity index (χ4v) is 5.91. The predicted octanol–water partition coefficient (Wildman–Crippen LogP) is 1.77. The van der Waals surface area contributed by atoms with Crippen LogP contribution in [0.5, 0.6) is 11.8 Å². The number of aliphatic hydroxyl groups is 1. The number of piperazine rings is 1. The van der Waals surface area contributed by atoms with Crippen molar-refractivity contribution in [3.05, 3.63) is 47.7 Å². The molecule has 3 aliphatic heterocycles. The van der Waals surface area contributed by atoms with Crippen LogP contribution in [0, 0.1) is 0 Å². The Labute approximate surface area is 229 Å². The Kier molecular flexibility index (Phi) is 7.96. The largest absolute Gasteiger partial charge is 0.508 e. The quantitative estimate of drug-likeness (QED) is 0.370. The average Bonchev–Trinajstić information content (AvgIpc) is 2.98. The lowest BCUT2D eigenvalue weighted by molar-refractivity contribution is 0.0356. The lowest BCUT2D eigenvalue weighted by atomic mass is 10.0. The Morgan fingerprint density at radius 1 is 1.08 bits per heavy atom. The molecule has 1 aromatic heterocycles. The molecule has 3 aliphatic rings. The van der Waals surface area contributed by atoms with Gasteiger partial charge in [0.2, 0.25) is 0 Å². The summed E-state index contributed by atoms with van der Waals surface area (Å²) in [6, 6.07) is 12.1. The summed E-state index contributed by atoms with van der Waals surface area (Å²) >= 11 is 0. The number of nitrogens with zero attached hydrogens (tertiary/aromatic N) is 5. The van der Waals surface area contributed by atoms with Crippen molar-refractivity contribution in [1.82, 2.24) is 20.2 Å². The molecule has 6 rings (SSSR count). The molecule has 2 fully saturated rings. The van der Waals surface area contributed by atoms with Crippen molar-refractivity contribution in [3.8, 4) is 11.8 Å². The molecule has 10 heteroatoms. The first-order valence-electron chi connectivity index (χ1n) is 14.1. The molecule has 1 unspecified atom stereocenters. The van der Waals surface area contributed by atoms with Gasteiger partial charge in [0, 0.05) is 68.5 Å². The second-order valence-electron chi connectivity index (χ2n) is 10.5. The fourth-order valence-electron chi connectivity index (χ4n) is 5.91. The standard InChI is InChI=1S/C29H38N6O4/c36-20-22-18-30-7-10-35(22)28-25-6-9-34(27-17-23(37)16-21-4-1-2-5-24(21)27)19-26(25)31-29(32-28)39-13-3-8-33-11-14-38-15-12-33/h1-2,4-5,16-17,22,30,36-37H,3,6-15,18-20H2. The van der Waals surface area contributed by atoms with Crippen molar-refractivity contribution in [2.75, 3.05) is 82.0 Å². The molecule has 2 saturated heterocycles. The number of benzene rings is 2. The van der Waals surface area contributed by atoms with E-state index in [4.69, 9.17) is 19.4 Å². The van der Waals surface area contributed by atoms with Gasteiger partial charge in [-0.15, -0.1) is 0 Å². The summed E-state index contributed by atoms with van der Waals surface area (Å²) in [5, 5.41) is 26.1. The molecule has 0 bridgehead atoms. The SMILES string of the molecule is OCC1CNCCN1c1nc(OCCCN2CCOCC2)nc2c1CCN(c1cc(O)cc3ccccc13)C2. The summed E-state index contributed by atoms with van der Waals surface area (Å²) in [6.45, 7) is 8.78. The Balaban J connectivity index is 1.27. The van der Waals surface area contributed by atoms with Gasteiger partial charge in [-0.25, -0.2) is 0 Å². The van der Waals surface area contributed by atoms with Gasteiger partial charge < -0.3 is 34.8 Å². The van der Waals surface area contributed by atoms with Gasteiger partial charge in [0.1, 0.15) is 11.6 Å². The van der Waals surface area contributed by atoms with E-state index in [0.29, 0.717) is 25.7 Å². The van der Waals surface area contributed by atoms with Gasteiger partial charge in [-0.1, -0.05) is 24.3 Å². The van der Waals surface area contributed by atoms with Crippen LogP contribution in [-0.4, -0.2) is 103 Å². The van der Waals surface area contributed by atoms with Crippen molar-refractivity contribution in [1.29, 1.82) is 0 Å². The van der Waals surface area contributed by atoms with Crippen LogP contribution in [0.4, 0.5) is 11.5 Å². The number of phenolic OH excluding ortho intramolecular Hbond substituents is 1. The number of nitrogens with one attached hydrogen (secondary N) is 1. The number of rotatable bonds is 8. The van der Waals surface area contributed by atoms with Gasteiger partial charge in [0.15, 0.2) is 0 Å². The number of aromatic hydroxyl groups is 1. The third-order valence-corrected chi connectivity index (χ3v) is 7.97. The van der Waals surface area contributed by atoms with E-state index in [1.54, 1.807) is 6.07 Å². The zero-order valence-electron chi connectivity index (χ0n) is 22.4. The number of hydrogen-bond donors (Lipinski definition) is 3. The van der Waals surface area contributed by atoms with Gasteiger partial charge in [-0.2, -0.15) is 9.97 Å². The minimum Gasteiger partial charge on any atom is -0.508 e. The van der Waals surface area contributed by atoms with Crippen molar-refractivity contribution >= 4 is 22.3 Å². The van der Waals surface area contributed by atoms with E-state index in [0.717, 1.165) is 98.9 Å². The Bertz CT molecular complexity index is 1280. The second kappa shape index (κ2) is 11.9. The van der Waals surface area contributed by atoms with Crippen LogP contribution < -0.4 is 19.9 Å². The summed E-state index contributed by atoms with van der Waals surface area (Å²) < 4.78 is 11.6. The molecule has 4 heterocycles. The van der Waals surface area contributed by atoms with Gasteiger partial charge in [-0.3, -0.25) is 4.90 Å². The number of aliphatic hydroxyl groups excluding tert-OH is 1. The molecule has 0 amide bonds. The molecular formula is C29H38N6O4. The number of fused-ring (bicyclic) bond motifs is 2. The molecule has 0 aliphatic carbocycles. The van der Waals surface area contributed by atoms with E-state index in [9.17, 15) is 10.2 Å². The zero-order valence-corrected chi connectivity index (χ0v) is 22.4. The summed E-state index contributed by atoms with van der Waals surface area (Å²) in [7, 11) is 0. The van der Waals surface area contributed by atoms with Crippen LogP contribution in [0.25, 0.3) is 10.8 Å². The summed E-state index contributed by atoms with van der Waals surface area (Å²) in [5.41, 5.74) is 3.06. The van der Waals surface area contributed by atoms with Crippen molar-refractivity contribution < 1.29 is 19.7 Å². The van der Waals surface area contributed by atoms with Crippen LogP contribution >= 0.6 is 0 Å². The summed E-state index contributed by atoms with van der Waals surface area (Å²) in [5.74, 6) is 1.14. The maximum Gasteiger partial charge on any atom is 0.318 e. The predicted molar refractivity (Wildman–Crippen MR) is 151 cm³/mol. The van der Waals surface area contributed by atoms with Gasteiger partial charge >= 0.3 is 6.01 Å². The van der Waals surface area contributed by atoms with Gasteiger partial charge in [-0.05, 0) is 24.3 Å². The smallest absolute Gasteiger partial charge is 0.318 e. The van der Waals surface area contributed by atoms with Crippen LogP contribution in [-0.2, 0) is 17.7 Å². The molecule has 3 N–H and O–H groups in total. The molecule has 3 aromatic rings. The minimum atomic E-state index is -0.0417. The van der Waals surface area contributed by atoms with E-state index in [2.05, 4.69) is 26.1 Å². The molecule has 0 saturated carbocycles. The minimum absolute atomic E-state index is 0.0417. The molecule has 10 nitrogen and oxygen atoms in total. The number of anilines is 2. The third-order valence-electron chi connectivity index (χ3n) is 7.97. The summed E-state index contributed by atoms with van der Waals surface area (Å²) in [6.07, 6.45) is 1.66. The summed E-state index contributed by atoms with van der Waals surface area (Å²) in [4.78, 5) is 16.7. The monoisotopic (exact) mass is 534 g/mol. The highest BCUT2D eigenvalue weighted by Crippen LogP contribution is 2.36. The highest BCUT2D eigenvalue weighted by molar-refractivity contribution is 5.95. The topological polar surface area (TPSA) is 106 Å². The Hall–Kier alpha value is -3.18. The van der Waals surface area contributed by atoms with E-state index in [1.807, 2.05) is 24.3 Å². The Morgan fingerprint density at radius 3 is 2.82 bits per heavy atom. The molecule has 2 aromatic carbocycles. The molecule has 1 atom stereocenters. The van der Waals surface area contributed by atoms with Crippen LogP contribution in [0.3, 0.4) is 0 Å². The van der Waals surface area contributed by atoms with Gasteiger partial charge in [0.05, 0.1) is 44.7 Å². The van der Waals surface area contributed by atoms with Crippen molar-refractivity contribution in [3.63, 3.8) is 0 Å². The average molecular weight is 535 g/mol. The van der Waals surface area contributed by atoms with Crippen LogP contribution in [0.1, 0.15) is 17.7 Å². The molecule has 39 heavy (non-hydrogen) atoms. The molecular weight excluding hydrogens is 496 g/mol. The zero-order chi connectivity index (χ0) is 26.6. The molecule has 0 spiro atoms. The van der Waals surface area contributed by atoms with Crippen LogP contribution in [0.2, 0.25) is 0 Å². The highest BCUT2D eigenvalue weighted by Gasteiger charge is 2.30. The maximum atomic E-state index is 10.4. The van der Waals surface area contributed by atoms with Gasteiger partial charge in [0.25, 0.3) is 0 Å². The van der Waals surface area contributed by atoms with E-state index >= 15 is 0 Å². The normalized spacial score (nSPS) is 20.3. The second-order valence-corrected chi connectivity index (χ2v) is 10.5. The third kappa shape index (κ3) is 5.74. The number of phenols is 1. The first-order valence-corrected chi connectivity index (χ1v) is 14.1. The molecule has 0 radical (unpaired) electrons. The van der Waals surface area contributed by atoms with E-state index in [1.165, 1.54) is 0 Å².